The lowest BCUT2D eigenvalue weighted by molar-refractivity contribution is -0.129. The fourth-order valence-electron chi connectivity index (χ4n) is 3.68. The number of rotatable bonds is 4. The number of hydrogen-bond donors (Lipinski definition) is 3. The molecule has 0 atom stereocenters. The number of aromatic amines is 1. The molecule has 4 N–H and O–H groups in total. The maximum atomic E-state index is 12.6. The van der Waals surface area contributed by atoms with Gasteiger partial charge in [-0.2, -0.15) is 0 Å². The van der Waals surface area contributed by atoms with Crippen LogP contribution in [0, 0.1) is 6.92 Å². The molecule has 3 aromatic rings. The Bertz CT molecular complexity index is 1040. The molecule has 4 rings (SSSR count). The Hall–Kier alpha value is -3.46. The first-order chi connectivity index (χ1) is 14.1. The number of aryl methyl sites for hydroxylation is 1. The van der Waals surface area contributed by atoms with Crippen molar-refractivity contribution in [1.82, 2.24) is 19.9 Å². The van der Waals surface area contributed by atoms with Gasteiger partial charge in [0.15, 0.2) is 0 Å². The zero-order chi connectivity index (χ0) is 20.4. The standard InChI is InChI=1S/C20H23N7O2/c1-13-10-23-19-17(18(13)27-7-5-26(6-8-27)16(28)9-21)15(12-24-19)25-20(29)14-3-2-4-22-11-14/h2-4,10-12H,5-9,21H2,1H3,(H,23,24)(H,25,29). The van der Waals surface area contributed by atoms with Gasteiger partial charge in [-0.15, -0.1) is 0 Å². The molecule has 0 spiro atoms. The summed E-state index contributed by atoms with van der Waals surface area (Å²) in [4.78, 5) is 40.1. The molecule has 0 unspecified atom stereocenters. The number of anilines is 2. The van der Waals surface area contributed by atoms with Crippen molar-refractivity contribution in [3.63, 3.8) is 0 Å². The average molecular weight is 393 g/mol. The minimum absolute atomic E-state index is 0.0286. The van der Waals surface area contributed by atoms with E-state index in [0.717, 1.165) is 16.6 Å². The van der Waals surface area contributed by atoms with Crippen molar-refractivity contribution >= 4 is 34.2 Å². The smallest absolute Gasteiger partial charge is 0.257 e. The summed E-state index contributed by atoms with van der Waals surface area (Å²) in [6.07, 6.45) is 6.73. The van der Waals surface area contributed by atoms with E-state index in [9.17, 15) is 9.59 Å². The molecule has 1 saturated heterocycles. The Morgan fingerprint density at radius 2 is 2.03 bits per heavy atom. The molecule has 0 radical (unpaired) electrons. The third-order valence-electron chi connectivity index (χ3n) is 5.15. The van der Waals surface area contributed by atoms with Crippen molar-refractivity contribution in [2.45, 2.75) is 6.92 Å². The number of nitrogens with two attached hydrogens (primary N) is 1. The molecule has 29 heavy (non-hydrogen) atoms. The summed E-state index contributed by atoms with van der Waals surface area (Å²) in [6.45, 7) is 4.63. The normalized spacial score (nSPS) is 14.3. The highest BCUT2D eigenvalue weighted by molar-refractivity contribution is 6.11. The number of nitrogens with one attached hydrogen (secondary N) is 2. The Kier molecular flexibility index (Phi) is 5.13. The van der Waals surface area contributed by atoms with Crippen molar-refractivity contribution < 1.29 is 9.59 Å². The fraction of sp³-hybridized carbons (Fsp3) is 0.300. The number of fused-ring (bicyclic) bond motifs is 1. The number of carbonyl (C=O) groups excluding carboxylic acids is 2. The van der Waals surface area contributed by atoms with Crippen molar-refractivity contribution in [2.75, 3.05) is 42.9 Å². The first kappa shape index (κ1) is 18.9. The highest BCUT2D eigenvalue weighted by atomic mass is 16.2. The van der Waals surface area contributed by atoms with Gasteiger partial charge in [0.05, 0.1) is 28.9 Å². The highest BCUT2D eigenvalue weighted by Gasteiger charge is 2.24. The second-order valence-corrected chi connectivity index (χ2v) is 6.98. The van der Waals surface area contributed by atoms with E-state index < -0.39 is 0 Å². The van der Waals surface area contributed by atoms with Crippen LogP contribution in [-0.4, -0.2) is 64.4 Å². The lowest BCUT2D eigenvalue weighted by atomic mass is 10.1. The molecule has 1 aliphatic heterocycles. The zero-order valence-corrected chi connectivity index (χ0v) is 16.2. The molecule has 0 saturated carbocycles. The van der Waals surface area contributed by atoms with Crippen molar-refractivity contribution in [3.05, 3.63) is 48.0 Å². The van der Waals surface area contributed by atoms with Crippen LogP contribution in [0.5, 0.6) is 0 Å². The maximum absolute atomic E-state index is 12.6. The van der Waals surface area contributed by atoms with E-state index >= 15 is 0 Å². The van der Waals surface area contributed by atoms with Crippen LogP contribution in [0.1, 0.15) is 15.9 Å². The van der Waals surface area contributed by atoms with Crippen LogP contribution in [0.15, 0.2) is 36.9 Å². The van der Waals surface area contributed by atoms with Gasteiger partial charge in [0.1, 0.15) is 5.65 Å². The van der Waals surface area contributed by atoms with Gasteiger partial charge in [-0.25, -0.2) is 4.98 Å². The van der Waals surface area contributed by atoms with Gasteiger partial charge >= 0.3 is 0 Å². The Morgan fingerprint density at radius 3 is 2.72 bits per heavy atom. The van der Waals surface area contributed by atoms with Gasteiger partial charge < -0.3 is 25.8 Å². The number of nitrogens with zero attached hydrogens (tertiary/aromatic N) is 4. The van der Waals surface area contributed by atoms with Crippen LogP contribution in [0.25, 0.3) is 11.0 Å². The van der Waals surface area contributed by atoms with E-state index in [1.807, 2.05) is 13.1 Å². The summed E-state index contributed by atoms with van der Waals surface area (Å²) >= 11 is 0. The number of piperazine rings is 1. The predicted octanol–water partition coefficient (Wildman–Crippen LogP) is 1.13. The molecule has 1 fully saturated rings. The van der Waals surface area contributed by atoms with E-state index in [-0.39, 0.29) is 18.4 Å². The summed E-state index contributed by atoms with van der Waals surface area (Å²) < 4.78 is 0. The number of aromatic nitrogens is 3. The molecule has 3 aromatic heterocycles. The van der Waals surface area contributed by atoms with Crippen LogP contribution in [0.3, 0.4) is 0 Å². The second kappa shape index (κ2) is 7.88. The number of carbonyl (C=O) groups is 2. The maximum Gasteiger partial charge on any atom is 0.257 e. The van der Waals surface area contributed by atoms with Crippen LogP contribution in [-0.2, 0) is 4.79 Å². The Morgan fingerprint density at radius 1 is 1.24 bits per heavy atom. The Labute approximate surface area is 167 Å². The molecule has 2 amide bonds. The van der Waals surface area contributed by atoms with Gasteiger partial charge in [-0.3, -0.25) is 14.6 Å². The first-order valence-electron chi connectivity index (χ1n) is 9.49. The molecule has 0 aromatic carbocycles. The summed E-state index contributed by atoms with van der Waals surface area (Å²) in [7, 11) is 0. The van der Waals surface area contributed by atoms with E-state index in [2.05, 4.69) is 25.2 Å². The fourth-order valence-corrected chi connectivity index (χ4v) is 3.68. The molecule has 1 aliphatic rings. The number of pyridine rings is 2. The molecule has 0 aliphatic carbocycles. The topological polar surface area (TPSA) is 120 Å². The minimum atomic E-state index is -0.232. The van der Waals surface area contributed by atoms with Gasteiger partial charge in [-0.05, 0) is 24.6 Å². The first-order valence-corrected chi connectivity index (χ1v) is 9.49. The van der Waals surface area contributed by atoms with E-state index in [1.54, 1.807) is 29.4 Å². The lowest BCUT2D eigenvalue weighted by Crippen LogP contribution is -2.50. The largest absolute Gasteiger partial charge is 0.367 e. The number of H-pyrrole nitrogens is 1. The van der Waals surface area contributed by atoms with Crippen molar-refractivity contribution in [1.29, 1.82) is 0 Å². The minimum Gasteiger partial charge on any atom is -0.367 e. The van der Waals surface area contributed by atoms with Gasteiger partial charge in [0.2, 0.25) is 5.91 Å². The molecular formula is C20H23N7O2. The SMILES string of the molecule is Cc1cnc2[nH]cc(NC(=O)c3cccnc3)c2c1N1CCN(C(=O)CN)CC1. The van der Waals surface area contributed by atoms with Crippen molar-refractivity contribution in [2.24, 2.45) is 5.73 Å². The summed E-state index contributed by atoms with van der Waals surface area (Å²) in [5, 5.41) is 3.83. The summed E-state index contributed by atoms with van der Waals surface area (Å²) in [5.74, 6) is -0.267. The second-order valence-electron chi connectivity index (χ2n) is 6.98. The number of amides is 2. The van der Waals surface area contributed by atoms with Gasteiger partial charge in [0.25, 0.3) is 5.91 Å². The zero-order valence-electron chi connectivity index (χ0n) is 16.2. The lowest BCUT2D eigenvalue weighted by Gasteiger charge is -2.37. The monoisotopic (exact) mass is 393 g/mol. The van der Waals surface area contributed by atoms with Gasteiger partial charge in [0, 0.05) is 51.0 Å². The van der Waals surface area contributed by atoms with E-state index in [4.69, 9.17) is 5.73 Å². The quantitative estimate of drug-likeness (QED) is 0.611. The highest BCUT2D eigenvalue weighted by Crippen LogP contribution is 2.35. The van der Waals surface area contributed by atoms with Gasteiger partial charge in [-0.1, -0.05) is 0 Å². The summed E-state index contributed by atoms with van der Waals surface area (Å²) in [6, 6.07) is 3.44. The molecule has 150 valence electrons. The third-order valence-corrected chi connectivity index (χ3v) is 5.15. The van der Waals surface area contributed by atoms with Crippen LogP contribution in [0.4, 0.5) is 11.4 Å². The predicted molar refractivity (Wildman–Crippen MR) is 111 cm³/mol. The third kappa shape index (κ3) is 3.64. The van der Waals surface area contributed by atoms with E-state index in [0.29, 0.717) is 43.1 Å². The van der Waals surface area contributed by atoms with Crippen LogP contribution >= 0.6 is 0 Å². The average Bonchev–Trinajstić information content (AvgIpc) is 3.16. The van der Waals surface area contributed by atoms with Crippen molar-refractivity contribution in [3.8, 4) is 0 Å². The molecule has 9 heteroatoms. The Balaban J connectivity index is 1.64. The number of hydrogen-bond acceptors (Lipinski definition) is 6. The van der Waals surface area contributed by atoms with Crippen LogP contribution < -0.4 is 16.0 Å². The molecule has 4 heterocycles. The molecular weight excluding hydrogens is 370 g/mol. The van der Waals surface area contributed by atoms with Crippen LogP contribution in [0.2, 0.25) is 0 Å². The van der Waals surface area contributed by atoms with E-state index in [1.165, 1.54) is 6.20 Å². The molecule has 0 bridgehead atoms. The molecule has 9 nitrogen and oxygen atoms in total. The summed E-state index contributed by atoms with van der Waals surface area (Å²) in [5.41, 5.74) is 9.36.